The fraction of sp³-hybridized carbons (Fsp3) is 0.333. The summed E-state index contributed by atoms with van der Waals surface area (Å²) in [6.07, 6.45) is 2.32. The third-order valence-corrected chi connectivity index (χ3v) is 5.55. The summed E-state index contributed by atoms with van der Waals surface area (Å²) >= 11 is 0. The number of carbonyl (C=O) groups excluding carboxylic acids is 1. The maximum absolute atomic E-state index is 12.6. The normalized spacial score (nSPS) is 17.2. The first-order valence-corrected chi connectivity index (χ1v) is 10.3. The van der Waals surface area contributed by atoms with E-state index in [4.69, 9.17) is 0 Å². The third kappa shape index (κ3) is 5.12. The van der Waals surface area contributed by atoms with E-state index in [0.29, 0.717) is 11.5 Å². The van der Waals surface area contributed by atoms with Gasteiger partial charge in [0.05, 0.1) is 5.69 Å². The summed E-state index contributed by atoms with van der Waals surface area (Å²) in [6, 6.07) is 20.2. The maximum atomic E-state index is 12.6. The Bertz CT molecular complexity index is 933. The van der Waals surface area contributed by atoms with Gasteiger partial charge in [-0.15, -0.1) is 0 Å². The van der Waals surface area contributed by atoms with E-state index in [0.717, 1.165) is 61.5 Å². The molecule has 29 heavy (non-hydrogen) atoms. The first kappa shape index (κ1) is 19.4. The molecule has 0 bridgehead atoms. The van der Waals surface area contributed by atoms with E-state index in [-0.39, 0.29) is 5.91 Å². The van der Waals surface area contributed by atoms with Crippen molar-refractivity contribution >= 4 is 5.91 Å². The second-order valence-corrected chi connectivity index (χ2v) is 7.94. The molecule has 0 radical (unpaired) electrons. The Labute approximate surface area is 172 Å². The van der Waals surface area contributed by atoms with Crippen LogP contribution in [-0.2, 0) is 6.54 Å². The number of rotatable bonds is 6. The second kappa shape index (κ2) is 9.05. The number of amides is 1. The highest BCUT2D eigenvalue weighted by Crippen LogP contribution is 2.20. The molecule has 5 nitrogen and oxygen atoms in total. The number of aromatic nitrogens is 2. The minimum atomic E-state index is 0.00432. The molecule has 150 valence electrons. The lowest BCUT2D eigenvalue weighted by Crippen LogP contribution is -2.40. The largest absolute Gasteiger partial charge is 0.352 e. The van der Waals surface area contributed by atoms with E-state index < -0.39 is 0 Å². The quantitative estimate of drug-likeness (QED) is 0.670. The van der Waals surface area contributed by atoms with Gasteiger partial charge in [0.2, 0.25) is 0 Å². The predicted octanol–water partition coefficient (Wildman–Crippen LogP) is 4.03. The van der Waals surface area contributed by atoms with Crippen molar-refractivity contribution in [2.45, 2.75) is 26.3 Å². The fourth-order valence-electron chi connectivity index (χ4n) is 4.03. The summed E-state index contributed by atoms with van der Waals surface area (Å²) in [4.78, 5) is 15.0. The number of piperidine rings is 1. The molecule has 0 spiro atoms. The summed E-state index contributed by atoms with van der Waals surface area (Å²) in [6.45, 7) is 5.71. The van der Waals surface area contributed by atoms with Gasteiger partial charge in [-0.3, -0.25) is 14.8 Å². The van der Waals surface area contributed by atoms with Crippen LogP contribution < -0.4 is 5.32 Å². The lowest BCUT2D eigenvalue weighted by atomic mass is 9.97. The number of hydrogen-bond acceptors (Lipinski definition) is 3. The van der Waals surface area contributed by atoms with Crippen LogP contribution in [0.15, 0.2) is 60.7 Å². The molecule has 1 fully saturated rings. The lowest BCUT2D eigenvalue weighted by Gasteiger charge is -2.32. The molecule has 1 aliphatic heterocycles. The van der Waals surface area contributed by atoms with Crippen molar-refractivity contribution in [2.75, 3.05) is 19.6 Å². The summed E-state index contributed by atoms with van der Waals surface area (Å²) in [5.41, 5.74) is 5.18. The molecule has 2 N–H and O–H groups in total. The average molecular weight is 389 g/mol. The molecule has 1 atom stereocenters. The van der Waals surface area contributed by atoms with Crippen molar-refractivity contribution in [1.82, 2.24) is 20.4 Å². The van der Waals surface area contributed by atoms with Crippen molar-refractivity contribution in [2.24, 2.45) is 5.92 Å². The second-order valence-electron chi connectivity index (χ2n) is 7.94. The number of hydrogen-bond donors (Lipinski definition) is 2. The van der Waals surface area contributed by atoms with E-state index >= 15 is 0 Å². The number of nitrogens with zero attached hydrogens (tertiary/aromatic N) is 2. The fourth-order valence-corrected chi connectivity index (χ4v) is 4.03. The van der Waals surface area contributed by atoms with Gasteiger partial charge >= 0.3 is 0 Å². The number of benzene rings is 2. The molecule has 4 rings (SSSR count). The van der Waals surface area contributed by atoms with Gasteiger partial charge in [0.1, 0.15) is 0 Å². The van der Waals surface area contributed by atoms with Crippen LogP contribution >= 0.6 is 0 Å². The number of aryl methyl sites for hydroxylation is 1. The number of nitrogens with one attached hydrogen (secondary N) is 2. The minimum Gasteiger partial charge on any atom is -0.352 e. The minimum absolute atomic E-state index is 0.00432. The van der Waals surface area contributed by atoms with Gasteiger partial charge in [0.15, 0.2) is 0 Å². The number of H-pyrrole nitrogens is 1. The van der Waals surface area contributed by atoms with Gasteiger partial charge in [-0.1, -0.05) is 42.5 Å². The average Bonchev–Trinajstić information content (AvgIpc) is 3.17. The monoisotopic (exact) mass is 388 g/mol. The Morgan fingerprint density at radius 2 is 1.90 bits per heavy atom. The molecule has 1 aromatic heterocycles. The van der Waals surface area contributed by atoms with Crippen molar-refractivity contribution in [3.05, 3.63) is 77.6 Å². The highest BCUT2D eigenvalue weighted by Gasteiger charge is 2.21. The van der Waals surface area contributed by atoms with Crippen LogP contribution in [0.4, 0.5) is 0 Å². The predicted molar refractivity (Wildman–Crippen MR) is 116 cm³/mol. The Balaban J connectivity index is 1.28. The van der Waals surface area contributed by atoms with Crippen molar-refractivity contribution in [1.29, 1.82) is 0 Å². The Morgan fingerprint density at radius 1 is 1.14 bits per heavy atom. The van der Waals surface area contributed by atoms with Crippen LogP contribution in [0.3, 0.4) is 0 Å². The number of carbonyl (C=O) groups is 1. The molecule has 5 heteroatoms. The van der Waals surface area contributed by atoms with Crippen molar-refractivity contribution in [3.63, 3.8) is 0 Å². The van der Waals surface area contributed by atoms with Gasteiger partial charge in [-0.25, -0.2) is 0 Å². The van der Waals surface area contributed by atoms with E-state index in [2.05, 4.69) is 38.6 Å². The number of aromatic amines is 1. The van der Waals surface area contributed by atoms with Gasteiger partial charge in [-0.05, 0) is 61.6 Å². The van der Waals surface area contributed by atoms with Crippen molar-refractivity contribution < 1.29 is 4.79 Å². The van der Waals surface area contributed by atoms with Gasteiger partial charge in [0.25, 0.3) is 5.91 Å². The summed E-state index contributed by atoms with van der Waals surface area (Å²) in [7, 11) is 0. The molecule has 1 amide bonds. The molecule has 1 aliphatic rings. The highest BCUT2D eigenvalue weighted by atomic mass is 16.1. The van der Waals surface area contributed by atoms with Crippen LogP contribution in [0.2, 0.25) is 0 Å². The zero-order valence-electron chi connectivity index (χ0n) is 16.9. The zero-order valence-corrected chi connectivity index (χ0v) is 16.9. The summed E-state index contributed by atoms with van der Waals surface area (Å²) in [5, 5.41) is 10.5. The lowest BCUT2D eigenvalue weighted by molar-refractivity contribution is 0.0930. The van der Waals surface area contributed by atoms with Crippen LogP contribution in [0.25, 0.3) is 11.1 Å². The van der Waals surface area contributed by atoms with E-state index in [9.17, 15) is 4.79 Å². The molecule has 0 saturated carbocycles. The zero-order chi connectivity index (χ0) is 20.1. The Morgan fingerprint density at radius 3 is 2.62 bits per heavy atom. The van der Waals surface area contributed by atoms with E-state index in [1.807, 2.05) is 49.4 Å². The molecule has 2 aromatic carbocycles. The molecular weight excluding hydrogens is 360 g/mol. The third-order valence-electron chi connectivity index (χ3n) is 5.55. The van der Waals surface area contributed by atoms with Gasteiger partial charge < -0.3 is 5.32 Å². The molecule has 0 unspecified atom stereocenters. The first-order chi connectivity index (χ1) is 14.2. The van der Waals surface area contributed by atoms with E-state index in [1.54, 1.807) is 0 Å². The van der Waals surface area contributed by atoms with Crippen molar-refractivity contribution in [3.8, 4) is 11.1 Å². The number of likely N-dealkylation sites (tertiary alicyclic amines) is 1. The highest BCUT2D eigenvalue weighted by molar-refractivity contribution is 5.94. The Kier molecular flexibility index (Phi) is 6.06. The van der Waals surface area contributed by atoms with Crippen LogP contribution in [0.5, 0.6) is 0 Å². The van der Waals surface area contributed by atoms with Gasteiger partial charge in [0, 0.05) is 30.9 Å². The standard InChI is InChI=1S/C24H28N4O/c1-18-14-23(27-26-18)17-28-13-5-6-19(16-28)15-25-24(29)22-11-9-21(10-12-22)20-7-3-2-4-8-20/h2-4,7-12,14,19H,5-6,13,15-17H2,1H3,(H,25,29)(H,26,27)/t19-/m0/s1. The van der Waals surface area contributed by atoms with Crippen LogP contribution in [0.1, 0.15) is 34.6 Å². The molecular formula is C24H28N4O. The van der Waals surface area contributed by atoms with Gasteiger partial charge in [-0.2, -0.15) is 5.10 Å². The SMILES string of the molecule is Cc1cc(CN2CCC[C@@H](CNC(=O)c3ccc(-c4ccccc4)cc3)C2)n[nH]1. The maximum Gasteiger partial charge on any atom is 0.251 e. The molecule has 2 heterocycles. The smallest absolute Gasteiger partial charge is 0.251 e. The van der Waals surface area contributed by atoms with E-state index in [1.165, 1.54) is 0 Å². The topological polar surface area (TPSA) is 61.0 Å². The van der Waals surface area contributed by atoms with Crippen LogP contribution in [0, 0.1) is 12.8 Å². The first-order valence-electron chi connectivity index (χ1n) is 10.3. The summed E-state index contributed by atoms with van der Waals surface area (Å²) < 4.78 is 0. The Hall–Kier alpha value is -2.92. The summed E-state index contributed by atoms with van der Waals surface area (Å²) in [5.74, 6) is 0.487. The molecule has 0 aliphatic carbocycles. The van der Waals surface area contributed by atoms with Crippen LogP contribution in [-0.4, -0.2) is 40.6 Å². The molecule has 3 aromatic rings. The molecule has 1 saturated heterocycles.